The number of ether oxygens (including phenoxy) is 1. The lowest BCUT2D eigenvalue weighted by Crippen LogP contribution is -2.06. The molecule has 0 bridgehead atoms. The molecule has 0 saturated carbocycles. The maximum atomic E-state index is 11.8. The number of nitrogens with zero attached hydrogens (tertiary/aromatic N) is 3. The van der Waals surface area contributed by atoms with Crippen LogP contribution in [-0.2, 0) is 9.84 Å². The fraction of sp³-hybridized carbons (Fsp3) is 0.0952. The zero-order valence-electron chi connectivity index (χ0n) is 17.1. The minimum Gasteiger partial charge on any atom is -0.495 e. The minimum absolute atomic E-state index is 0.150. The first kappa shape index (κ1) is 21.1. The van der Waals surface area contributed by atoms with E-state index < -0.39 is 15.9 Å². The van der Waals surface area contributed by atoms with Gasteiger partial charge >= 0.3 is 6.09 Å². The van der Waals surface area contributed by atoms with E-state index in [4.69, 9.17) is 9.84 Å². The second kappa shape index (κ2) is 8.19. The number of amides is 1. The van der Waals surface area contributed by atoms with Crippen molar-refractivity contribution in [2.45, 2.75) is 4.90 Å². The van der Waals surface area contributed by atoms with Crippen molar-refractivity contribution in [1.82, 2.24) is 14.6 Å². The zero-order chi connectivity index (χ0) is 22.9. The van der Waals surface area contributed by atoms with Gasteiger partial charge in [0, 0.05) is 29.8 Å². The van der Waals surface area contributed by atoms with E-state index >= 15 is 0 Å². The lowest BCUT2D eigenvalue weighted by molar-refractivity contribution is 0.209. The highest BCUT2D eigenvalue weighted by Gasteiger charge is 2.13. The van der Waals surface area contributed by atoms with Crippen molar-refractivity contribution < 1.29 is 23.1 Å². The van der Waals surface area contributed by atoms with Crippen molar-refractivity contribution in [3.05, 3.63) is 60.8 Å². The molecule has 0 spiro atoms. The predicted octanol–water partition coefficient (Wildman–Crippen LogP) is 3.64. The van der Waals surface area contributed by atoms with Gasteiger partial charge in [-0.15, -0.1) is 5.10 Å². The highest BCUT2D eigenvalue weighted by Crippen LogP contribution is 2.30. The average molecular weight is 453 g/mol. The molecule has 0 atom stereocenters. The van der Waals surface area contributed by atoms with Crippen molar-refractivity contribution in [3.63, 3.8) is 0 Å². The minimum atomic E-state index is -3.36. The number of fused-ring (bicyclic) bond motifs is 1. The number of benzene rings is 2. The maximum Gasteiger partial charge on any atom is 0.409 e. The van der Waals surface area contributed by atoms with Crippen LogP contribution in [0.2, 0.25) is 0 Å². The SMILES string of the molecule is COc1cc(S(C)(=O)=O)ccc1Nc1nc2ccc(-c3ccc(NC(=O)O)cc3)cn2n1. The lowest BCUT2D eigenvalue weighted by Gasteiger charge is -2.10. The van der Waals surface area contributed by atoms with Crippen molar-refractivity contribution in [2.75, 3.05) is 24.0 Å². The van der Waals surface area contributed by atoms with E-state index in [2.05, 4.69) is 20.7 Å². The van der Waals surface area contributed by atoms with Gasteiger partial charge in [-0.3, -0.25) is 5.32 Å². The summed E-state index contributed by atoms with van der Waals surface area (Å²) < 4.78 is 30.5. The molecule has 3 N–H and O–H groups in total. The second-order valence-corrected chi connectivity index (χ2v) is 8.94. The summed E-state index contributed by atoms with van der Waals surface area (Å²) >= 11 is 0. The third kappa shape index (κ3) is 4.47. The van der Waals surface area contributed by atoms with Gasteiger partial charge in [0.05, 0.1) is 17.7 Å². The quantitative estimate of drug-likeness (QED) is 0.403. The Kier molecular flexibility index (Phi) is 5.41. The van der Waals surface area contributed by atoms with Crippen LogP contribution >= 0.6 is 0 Å². The molecule has 10 nitrogen and oxygen atoms in total. The Hall–Kier alpha value is -4.12. The van der Waals surface area contributed by atoms with Crippen molar-refractivity contribution in [2.24, 2.45) is 0 Å². The average Bonchev–Trinajstić information content (AvgIpc) is 3.15. The number of aromatic nitrogens is 3. The van der Waals surface area contributed by atoms with Crippen LogP contribution in [0.3, 0.4) is 0 Å². The molecule has 0 aliphatic heterocycles. The van der Waals surface area contributed by atoms with E-state index in [0.717, 1.165) is 17.4 Å². The molecule has 2 aromatic carbocycles. The van der Waals surface area contributed by atoms with Gasteiger partial charge in [-0.2, -0.15) is 4.98 Å². The molecule has 0 aliphatic rings. The summed E-state index contributed by atoms with van der Waals surface area (Å²) in [6.07, 6.45) is 1.81. The molecule has 0 unspecified atom stereocenters. The van der Waals surface area contributed by atoms with E-state index in [1.165, 1.54) is 19.2 Å². The third-order valence-corrected chi connectivity index (χ3v) is 5.76. The third-order valence-electron chi connectivity index (χ3n) is 4.65. The number of pyridine rings is 1. The van der Waals surface area contributed by atoms with Gasteiger partial charge in [-0.1, -0.05) is 12.1 Å². The van der Waals surface area contributed by atoms with Crippen molar-refractivity contribution in [1.29, 1.82) is 0 Å². The van der Waals surface area contributed by atoms with Gasteiger partial charge in [0.1, 0.15) is 5.75 Å². The monoisotopic (exact) mass is 453 g/mol. The summed E-state index contributed by atoms with van der Waals surface area (Å²) in [6.45, 7) is 0. The number of carboxylic acid groups (broad SMARTS) is 1. The summed E-state index contributed by atoms with van der Waals surface area (Å²) in [5.74, 6) is 0.663. The van der Waals surface area contributed by atoms with Crippen LogP contribution in [0.5, 0.6) is 5.75 Å². The number of methoxy groups -OCH3 is 1. The molecule has 32 heavy (non-hydrogen) atoms. The smallest absolute Gasteiger partial charge is 0.409 e. The van der Waals surface area contributed by atoms with Crippen molar-refractivity contribution in [3.8, 4) is 16.9 Å². The first-order valence-electron chi connectivity index (χ1n) is 9.35. The van der Waals surface area contributed by atoms with Crippen LogP contribution < -0.4 is 15.4 Å². The molecule has 4 rings (SSSR count). The Bertz CT molecular complexity index is 1410. The summed E-state index contributed by atoms with van der Waals surface area (Å²) in [7, 11) is -1.91. The molecule has 0 aliphatic carbocycles. The Labute approximate surface area is 183 Å². The molecule has 0 radical (unpaired) electrons. The highest BCUT2D eigenvalue weighted by atomic mass is 32.2. The molecule has 0 saturated heterocycles. The molecule has 1 amide bonds. The first-order valence-corrected chi connectivity index (χ1v) is 11.2. The molecular weight excluding hydrogens is 434 g/mol. The number of nitrogens with one attached hydrogen (secondary N) is 2. The van der Waals surface area contributed by atoms with Gasteiger partial charge in [-0.25, -0.2) is 17.7 Å². The maximum absolute atomic E-state index is 11.8. The van der Waals surface area contributed by atoms with Gasteiger partial charge < -0.3 is 15.2 Å². The van der Waals surface area contributed by atoms with Crippen LogP contribution in [0.4, 0.5) is 22.1 Å². The van der Waals surface area contributed by atoms with E-state index in [0.29, 0.717) is 28.7 Å². The van der Waals surface area contributed by atoms with Gasteiger partial charge in [-0.05, 0) is 42.0 Å². The molecule has 2 heterocycles. The number of anilines is 3. The Balaban J connectivity index is 1.60. The first-order chi connectivity index (χ1) is 15.2. The standard InChI is InChI=1S/C21H19N5O5S/c1-31-18-11-16(32(2,29)30)8-9-17(18)23-20-24-19-10-5-14(12-26(19)25-20)13-3-6-15(7-4-13)22-21(27)28/h3-12,22H,1-2H3,(H,23,25)(H,27,28). The summed E-state index contributed by atoms with van der Waals surface area (Å²) in [5, 5.41) is 18.6. The number of hydrogen-bond donors (Lipinski definition) is 3. The largest absolute Gasteiger partial charge is 0.495 e. The van der Waals surface area contributed by atoms with Crippen LogP contribution in [-0.4, -0.2) is 47.6 Å². The fourth-order valence-electron chi connectivity index (χ4n) is 3.10. The fourth-order valence-corrected chi connectivity index (χ4v) is 3.74. The molecule has 4 aromatic rings. The number of carbonyl (C=O) groups is 1. The van der Waals surface area contributed by atoms with Gasteiger partial charge in [0.15, 0.2) is 15.5 Å². The van der Waals surface area contributed by atoms with Crippen LogP contribution in [0, 0.1) is 0 Å². The topological polar surface area (TPSA) is 135 Å². The van der Waals surface area contributed by atoms with E-state index in [1.807, 2.05) is 6.07 Å². The molecular formula is C21H19N5O5S. The summed E-state index contributed by atoms with van der Waals surface area (Å²) in [5.41, 5.74) is 3.35. The number of sulfone groups is 1. The van der Waals surface area contributed by atoms with Crippen LogP contribution in [0.1, 0.15) is 0 Å². The normalized spacial score (nSPS) is 11.3. The Morgan fingerprint density at radius 2 is 1.78 bits per heavy atom. The number of hydrogen-bond acceptors (Lipinski definition) is 7. The molecule has 164 valence electrons. The zero-order valence-corrected chi connectivity index (χ0v) is 17.9. The summed E-state index contributed by atoms with van der Waals surface area (Å²) in [4.78, 5) is 15.3. The molecule has 2 aromatic heterocycles. The van der Waals surface area contributed by atoms with E-state index in [9.17, 15) is 13.2 Å². The van der Waals surface area contributed by atoms with Gasteiger partial charge in [0.2, 0.25) is 5.95 Å². The molecule has 0 fully saturated rings. The summed E-state index contributed by atoms with van der Waals surface area (Å²) in [6, 6.07) is 15.2. The van der Waals surface area contributed by atoms with E-state index in [-0.39, 0.29) is 4.90 Å². The molecule has 11 heteroatoms. The Morgan fingerprint density at radius 1 is 1.06 bits per heavy atom. The lowest BCUT2D eigenvalue weighted by atomic mass is 10.1. The van der Waals surface area contributed by atoms with Crippen LogP contribution in [0.25, 0.3) is 16.8 Å². The highest BCUT2D eigenvalue weighted by molar-refractivity contribution is 7.90. The van der Waals surface area contributed by atoms with E-state index in [1.54, 1.807) is 47.1 Å². The Morgan fingerprint density at radius 3 is 2.44 bits per heavy atom. The number of rotatable bonds is 6. The van der Waals surface area contributed by atoms with Gasteiger partial charge in [0.25, 0.3) is 0 Å². The second-order valence-electron chi connectivity index (χ2n) is 6.92. The van der Waals surface area contributed by atoms with Crippen molar-refractivity contribution >= 4 is 38.9 Å². The van der Waals surface area contributed by atoms with Crippen LogP contribution in [0.15, 0.2) is 65.7 Å². The predicted molar refractivity (Wildman–Crippen MR) is 119 cm³/mol.